The molecule has 4 heterocycles. The first-order chi connectivity index (χ1) is 35.5. The summed E-state index contributed by atoms with van der Waals surface area (Å²) < 4.78 is 36.5. The lowest BCUT2D eigenvalue weighted by molar-refractivity contribution is -0.143. The fraction of sp³-hybridized carbons (Fsp3) is 0.474. The van der Waals surface area contributed by atoms with Crippen molar-refractivity contribution in [3.8, 4) is 0 Å². The summed E-state index contributed by atoms with van der Waals surface area (Å²) in [6.07, 6.45) is 6.04. The third-order valence-corrected chi connectivity index (χ3v) is 18.3. The molecule has 4 saturated heterocycles. The van der Waals surface area contributed by atoms with Gasteiger partial charge in [-0.3, -0.25) is 19.2 Å². The van der Waals surface area contributed by atoms with Crippen molar-refractivity contribution < 1.29 is 46.7 Å². The van der Waals surface area contributed by atoms with Gasteiger partial charge in [0.05, 0.1) is 6.26 Å². The first-order valence-electron chi connectivity index (χ1n) is 26.2. The Kier molecular flexibility index (Phi) is 14.2. The van der Waals surface area contributed by atoms with Crippen LogP contribution in [-0.2, 0) is 75.8 Å². The van der Waals surface area contributed by atoms with Crippen LogP contribution in [0.3, 0.4) is 0 Å². The highest BCUT2D eigenvalue weighted by molar-refractivity contribution is 7.88. The molecule has 1 N–H and O–H groups in total. The van der Waals surface area contributed by atoms with Crippen LogP contribution >= 0.6 is 12.4 Å². The fourth-order valence-corrected chi connectivity index (χ4v) is 12.8. The maximum Gasteiger partial charge on any atom is 0.418 e. The van der Waals surface area contributed by atoms with Crippen molar-refractivity contribution in [1.29, 1.82) is 0 Å². The average molecular weight is 1060 g/mol. The second-order valence-electron chi connectivity index (χ2n) is 21.8. The molecule has 75 heavy (non-hydrogen) atoms. The lowest BCUT2D eigenvalue weighted by Gasteiger charge is -2.37. The lowest BCUT2D eigenvalue weighted by Crippen LogP contribution is -2.48. The molecular weight excluding hydrogens is 996 g/mol. The van der Waals surface area contributed by atoms with Crippen molar-refractivity contribution >= 4 is 58.2 Å². The first kappa shape index (κ1) is 52.3. The fourth-order valence-electron chi connectivity index (χ4n) is 11.9. The molecule has 6 amide bonds. The summed E-state index contributed by atoms with van der Waals surface area (Å²) in [6.45, 7) is 7.14. The average Bonchev–Trinajstić information content (AvgIpc) is 4.29. The molecule has 2 spiro atoms. The van der Waals surface area contributed by atoms with E-state index in [4.69, 9.17) is 9.47 Å². The summed E-state index contributed by atoms with van der Waals surface area (Å²) in [5.41, 5.74) is 5.02. The number of carbonyl (C=O) groups excluding carboxylic acids is 6. The molecule has 6 fully saturated rings. The zero-order chi connectivity index (χ0) is 51.7. The molecule has 396 valence electrons. The van der Waals surface area contributed by atoms with Gasteiger partial charge < -0.3 is 24.6 Å². The number of imide groups is 2. The number of carbonyl (C=O) groups is 6. The van der Waals surface area contributed by atoms with Crippen molar-refractivity contribution in [2.45, 2.75) is 113 Å². The van der Waals surface area contributed by atoms with Crippen molar-refractivity contribution in [2.24, 2.45) is 11.8 Å². The van der Waals surface area contributed by atoms with Crippen LogP contribution in [0.1, 0.15) is 109 Å². The van der Waals surface area contributed by atoms with Gasteiger partial charge in [0.25, 0.3) is 11.8 Å². The number of halogens is 1. The van der Waals surface area contributed by atoms with Gasteiger partial charge in [0, 0.05) is 87.2 Å². The molecule has 4 aromatic rings. The minimum absolute atomic E-state index is 0. The van der Waals surface area contributed by atoms with E-state index < -0.39 is 45.2 Å². The number of nitrogens with zero attached hydrogens (tertiary/aromatic N) is 5. The Labute approximate surface area is 444 Å². The molecule has 0 aromatic heterocycles. The molecule has 4 aliphatic heterocycles. The molecule has 4 aliphatic carbocycles. The molecule has 12 rings (SSSR count). The zero-order valence-corrected chi connectivity index (χ0v) is 44.3. The van der Waals surface area contributed by atoms with E-state index in [1.54, 1.807) is 4.90 Å². The Balaban J connectivity index is 0.000000170. The van der Waals surface area contributed by atoms with E-state index in [0.717, 1.165) is 82.0 Å². The van der Waals surface area contributed by atoms with E-state index >= 15 is 0 Å². The van der Waals surface area contributed by atoms with Gasteiger partial charge in [0.2, 0.25) is 33.0 Å². The Bertz CT molecular complexity index is 3020. The van der Waals surface area contributed by atoms with Crippen LogP contribution in [0.25, 0.3) is 0 Å². The SMILES string of the molecule is C[C@@H](C1CC1)N(Cc1ccccc1)C(=O)CN1C(=O)O[C@@]2(CCc3cc(C4CN(S(C)(=O)=O)C4)ccc32)C1=O.C[C@@H](C1CC1)N(Cc1ccccc1)C(=O)CN1C(=O)O[C@@]2(CCc3cc(C4CNC4)ccc32)C1=O.Cl. The molecule has 0 unspecified atom stereocenters. The number of fused-ring (bicyclic) bond motifs is 4. The van der Waals surface area contributed by atoms with Gasteiger partial charge in [-0.15, -0.1) is 12.4 Å². The molecule has 0 radical (unpaired) electrons. The van der Waals surface area contributed by atoms with Crippen molar-refractivity contribution in [2.75, 3.05) is 45.5 Å². The number of nitrogens with one attached hydrogen (secondary N) is 1. The Morgan fingerprint density at radius 2 is 1.05 bits per heavy atom. The molecular formula is C57H65ClN6O10S. The van der Waals surface area contributed by atoms with Gasteiger partial charge in [0.1, 0.15) is 13.1 Å². The quantitative estimate of drug-likeness (QED) is 0.133. The van der Waals surface area contributed by atoms with Crippen LogP contribution < -0.4 is 5.32 Å². The molecule has 4 atom stereocenters. The number of benzene rings is 4. The monoisotopic (exact) mass is 1060 g/mol. The van der Waals surface area contributed by atoms with Gasteiger partial charge >= 0.3 is 12.2 Å². The number of hydrogen-bond acceptors (Lipinski definition) is 11. The predicted octanol–water partition coefficient (Wildman–Crippen LogP) is 6.74. The molecule has 16 nitrogen and oxygen atoms in total. The normalized spacial score (nSPS) is 23.8. The van der Waals surface area contributed by atoms with Crippen LogP contribution in [-0.4, -0.2) is 126 Å². The largest absolute Gasteiger partial charge is 0.427 e. The highest BCUT2D eigenvalue weighted by Gasteiger charge is 2.60. The van der Waals surface area contributed by atoms with Gasteiger partial charge in [-0.25, -0.2) is 32.1 Å². The van der Waals surface area contributed by atoms with E-state index in [9.17, 15) is 37.2 Å². The van der Waals surface area contributed by atoms with Gasteiger partial charge in [0.15, 0.2) is 0 Å². The van der Waals surface area contributed by atoms with E-state index in [1.165, 1.54) is 16.1 Å². The first-order valence-corrected chi connectivity index (χ1v) is 28.1. The third-order valence-electron chi connectivity index (χ3n) is 17.0. The zero-order valence-electron chi connectivity index (χ0n) is 42.7. The minimum atomic E-state index is -3.20. The summed E-state index contributed by atoms with van der Waals surface area (Å²) >= 11 is 0. The predicted molar refractivity (Wildman–Crippen MR) is 280 cm³/mol. The number of aryl methyl sites for hydroxylation is 2. The molecule has 18 heteroatoms. The summed E-state index contributed by atoms with van der Waals surface area (Å²) in [6, 6.07) is 31.5. The lowest BCUT2D eigenvalue weighted by atomic mass is 9.89. The summed E-state index contributed by atoms with van der Waals surface area (Å²) in [5.74, 6) is 0.109. The van der Waals surface area contributed by atoms with Crippen LogP contribution in [0.4, 0.5) is 9.59 Å². The van der Waals surface area contributed by atoms with Gasteiger partial charge in [-0.05, 0) is 97.6 Å². The minimum Gasteiger partial charge on any atom is -0.427 e. The highest BCUT2D eigenvalue weighted by atomic mass is 35.5. The van der Waals surface area contributed by atoms with Gasteiger partial charge in [-0.1, -0.05) is 97.1 Å². The number of sulfonamides is 1. The van der Waals surface area contributed by atoms with Crippen LogP contribution in [0.5, 0.6) is 0 Å². The van der Waals surface area contributed by atoms with E-state index in [0.29, 0.717) is 75.2 Å². The van der Waals surface area contributed by atoms with E-state index in [1.807, 2.05) is 103 Å². The Morgan fingerprint density at radius 1 is 0.640 bits per heavy atom. The standard InChI is InChI=1S/C29H33N3O6S.C28H31N3O4.ClH/c1-19(21-8-9-21)31(15-20-6-4-3-5-7-20)26(33)18-32-27(34)29(38-28(32)35)13-12-23-14-22(10-11-25(23)29)24-16-30(17-24)39(2,36)37;1-18(20-7-8-20)30(16-19-5-3-2-4-6-19)25(32)17-31-26(33)28(35-27(31)34)12-11-22-13-21(9-10-24(22)28)23-14-29-15-23;/h3-7,10-11,14,19,21,24H,8-9,12-13,15-18H2,1-2H3;2-6,9-10,13,18,20,23,29H,7-8,11-12,14-17H2,1H3;1H/t19-,29+;18-,28+;/m00./s1. The van der Waals surface area contributed by atoms with E-state index in [-0.39, 0.29) is 55.3 Å². The third kappa shape index (κ3) is 9.97. The Morgan fingerprint density at radius 3 is 1.43 bits per heavy atom. The smallest absolute Gasteiger partial charge is 0.418 e. The molecule has 0 bridgehead atoms. The van der Waals surface area contributed by atoms with Crippen molar-refractivity contribution in [1.82, 2.24) is 29.2 Å². The molecule has 2 saturated carbocycles. The number of ether oxygens (including phenoxy) is 2. The molecule has 8 aliphatic rings. The highest BCUT2D eigenvalue weighted by Crippen LogP contribution is 2.48. The molecule has 4 aromatic carbocycles. The second kappa shape index (κ2) is 20.4. The summed E-state index contributed by atoms with van der Waals surface area (Å²) in [5, 5.41) is 3.29. The topological polar surface area (TPSA) is 183 Å². The van der Waals surface area contributed by atoms with Crippen LogP contribution in [0, 0.1) is 11.8 Å². The number of rotatable bonds is 15. The number of amides is 6. The van der Waals surface area contributed by atoms with Gasteiger partial charge in [-0.2, -0.15) is 0 Å². The van der Waals surface area contributed by atoms with E-state index in [2.05, 4.69) is 18.3 Å². The number of hydrogen-bond donors (Lipinski definition) is 1. The second-order valence-corrected chi connectivity index (χ2v) is 23.8. The van der Waals surface area contributed by atoms with Crippen molar-refractivity contribution in [3.63, 3.8) is 0 Å². The maximum absolute atomic E-state index is 13.7. The summed E-state index contributed by atoms with van der Waals surface area (Å²) in [4.78, 5) is 85.9. The van der Waals surface area contributed by atoms with Crippen LogP contribution in [0.15, 0.2) is 97.1 Å². The Hall–Kier alpha value is -6.14. The summed E-state index contributed by atoms with van der Waals surface area (Å²) in [7, 11) is -3.20. The van der Waals surface area contributed by atoms with Crippen molar-refractivity contribution in [3.05, 3.63) is 142 Å². The maximum atomic E-state index is 13.7. The van der Waals surface area contributed by atoms with Crippen LogP contribution in [0.2, 0.25) is 0 Å².